The first kappa shape index (κ1) is 19.0. The summed E-state index contributed by atoms with van der Waals surface area (Å²) in [5, 5.41) is 5.41. The van der Waals surface area contributed by atoms with Gasteiger partial charge in [-0.05, 0) is 48.6 Å². The van der Waals surface area contributed by atoms with Crippen molar-refractivity contribution in [1.29, 1.82) is 0 Å². The molecule has 0 spiro atoms. The summed E-state index contributed by atoms with van der Waals surface area (Å²) >= 11 is 1.61. The Morgan fingerprint density at radius 2 is 1.68 bits per heavy atom. The average Bonchev–Trinajstić information content (AvgIpc) is 2.60. The number of anilines is 1. The maximum absolute atomic E-state index is 13.7. The lowest BCUT2D eigenvalue weighted by atomic mass is 10.0. The van der Waals surface area contributed by atoms with Crippen molar-refractivity contribution in [2.75, 3.05) is 11.6 Å². The molecule has 0 bridgehead atoms. The molecule has 0 fully saturated rings. The molecule has 6 heteroatoms. The van der Waals surface area contributed by atoms with Crippen molar-refractivity contribution in [1.82, 2.24) is 5.32 Å². The van der Waals surface area contributed by atoms with Crippen LogP contribution in [0, 0.1) is 11.7 Å². The van der Waals surface area contributed by atoms with E-state index in [4.69, 9.17) is 0 Å². The highest BCUT2D eigenvalue weighted by Crippen LogP contribution is 2.18. The topological polar surface area (TPSA) is 58.2 Å². The molecule has 4 nitrogen and oxygen atoms in total. The second kappa shape index (κ2) is 8.67. The van der Waals surface area contributed by atoms with Gasteiger partial charge in [-0.3, -0.25) is 9.59 Å². The van der Waals surface area contributed by atoms with E-state index in [1.165, 1.54) is 18.2 Å². The molecule has 0 saturated carbocycles. The van der Waals surface area contributed by atoms with Crippen LogP contribution in [0.15, 0.2) is 53.4 Å². The summed E-state index contributed by atoms with van der Waals surface area (Å²) in [5.41, 5.74) is 0.568. The van der Waals surface area contributed by atoms with E-state index in [0.29, 0.717) is 5.69 Å². The van der Waals surface area contributed by atoms with Gasteiger partial charge in [0, 0.05) is 10.6 Å². The summed E-state index contributed by atoms with van der Waals surface area (Å²) in [6, 6.07) is 12.3. The third-order valence-corrected chi connectivity index (χ3v) is 4.46. The van der Waals surface area contributed by atoms with Gasteiger partial charge >= 0.3 is 0 Å². The van der Waals surface area contributed by atoms with Crippen molar-refractivity contribution in [2.45, 2.75) is 24.8 Å². The van der Waals surface area contributed by atoms with Crippen molar-refractivity contribution in [3.63, 3.8) is 0 Å². The third-order valence-electron chi connectivity index (χ3n) is 3.71. The number of hydrogen-bond acceptors (Lipinski definition) is 3. The molecule has 2 rings (SSSR count). The molecule has 0 radical (unpaired) electrons. The van der Waals surface area contributed by atoms with E-state index in [0.717, 1.165) is 4.90 Å². The SMILES string of the molecule is CSc1ccc(NC(=O)C(NC(=O)c2ccccc2F)C(C)C)cc1. The molecular formula is C19H21FN2O2S. The first-order chi connectivity index (χ1) is 11.9. The molecule has 0 aliphatic rings. The first-order valence-electron chi connectivity index (χ1n) is 7.92. The molecular weight excluding hydrogens is 339 g/mol. The monoisotopic (exact) mass is 360 g/mol. The number of amides is 2. The van der Waals surface area contributed by atoms with Gasteiger partial charge in [-0.2, -0.15) is 0 Å². The molecule has 25 heavy (non-hydrogen) atoms. The Kier molecular flexibility index (Phi) is 6.58. The summed E-state index contributed by atoms with van der Waals surface area (Å²) < 4.78 is 13.7. The Labute approximate surface area is 151 Å². The minimum atomic E-state index is -0.771. The summed E-state index contributed by atoms with van der Waals surface area (Å²) in [5.74, 6) is -1.71. The number of carbonyl (C=O) groups is 2. The van der Waals surface area contributed by atoms with Crippen LogP contribution in [-0.2, 0) is 4.79 Å². The van der Waals surface area contributed by atoms with Crippen LogP contribution in [0.2, 0.25) is 0 Å². The number of benzene rings is 2. The predicted molar refractivity (Wildman–Crippen MR) is 99.3 cm³/mol. The molecule has 0 aliphatic heterocycles. The lowest BCUT2D eigenvalue weighted by Gasteiger charge is -2.22. The van der Waals surface area contributed by atoms with E-state index < -0.39 is 17.8 Å². The number of rotatable bonds is 6. The van der Waals surface area contributed by atoms with Crippen LogP contribution in [-0.4, -0.2) is 24.1 Å². The van der Waals surface area contributed by atoms with Crippen LogP contribution in [0.5, 0.6) is 0 Å². The van der Waals surface area contributed by atoms with Gasteiger partial charge in [-0.15, -0.1) is 11.8 Å². The maximum Gasteiger partial charge on any atom is 0.254 e. The summed E-state index contributed by atoms with van der Waals surface area (Å²) in [7, 11) is 0. The zero-order valence-electron chi connectivity index (χ0n) is 14.4. The van der Waals surface area contributed by atoms with E-state index >= 15 is 0 Å². The van der Waals surface area contributed by atoms with E-state index in [1.807, 2.05) is 32.2 Å². The van der Waals surface area contributed by atoms with Crippen LogP contribution in [0.1, 0.15) is 24.2 Å². The summed E-state index contributed by atoms with van der Waals surface area (Å²) in [6.07, 6.45) is 1.97. The minimum absolute atomic E-state index is 0.0785. The zero-order valence-corrected chi connectivity index (χ0v) is 15.2. The van der Waals surface area contributed by atoms with Gasteiger partial charge in [0.1, 0.15) is 11.9 Å². The fraction of sp³-hybridized carbons (Fsp3) is 0.263. The molecule has 132 valence electrons. The van der Waals surface area contributed by atoms with Crippen molar-refractivity contribution < 1.29 is 14.0 Å². The van der Waals surface area contributed by atoms with E-state index in [9.17, 15) is 14.0 Å². The fourth-order valence-corrected chi connectivity index (χ4v) is 2.70. The third kappa shape index (κ3) is 5.06. The van der Waals surface area contributed by atoms with Gasteiger partial charge in [-0.25, -0.2) is 4.39 Å². The molecule has 0 aromatic heterocycles. The van der Waals surface area contributed by atoms with Gasteiger partial charge in [0.25, 0.3) is 5.91 Å². The van der Waals surface area contributed by atoms with Gasteiger partial charge in [0.15, 0.2) is 0 Å². The van der Waals surface area contributed by atoms with Crippen LogP contribution in [0.4, 0.5) is 10.1 Å². The number of carbonyl (C=O) groups excluding carboxylic acids is 2. The van der Waals surface area contributed by atoms with E-state index in [-0.39, 0.29) is 17.4 Å². The maximum atomic E-state index is 13.7. The van der Waals surface area contributed by atoms with Gasteiger partial charge in [0.2, 0.25) is 5.91 Å². The highest BCUT2D eigenvalue weighted by molar-refractivity contribution is 7.98. The van der Waals surface area contributed by atoms with E-state index in [2.05, 4.69) is 10.6 Å². The van der Waals surface area contributed by atoms with Crippen molar-refractivity contribution in [3.05, 3.63) is 59.9 Å². The smallest absolute Gasteiger partial charge is 0.254 e. The largest absolute Gasteiger partial charge is 0.340 e. The summed E-state index contributed by atoms with van der Waals surface area (Å²) in [6.45, 7) is 3.64. The van der Waals surface area contributed by atoms with Crippen LogP contribution in [0.25, 0.3) is 0 Å². The molecule has 1 unspecified atom stereocenters. The highest BCUT2D eigenvalue weighted by Gasteiger charge is 2.25. The minimum Gasteiger partial charge on any atom is -0.340 e. The fourth-order valence-electron chi connectivity index (χ4n) is 2.29. The molecule has 2 N–H and O–H groups in total. The molecule has 2 aromatic rings. The highest BCUT2D eigenvalue weighted by atomic mass is 32.2. The normalized spacial score (nSPS) is 11.9. The number of thioether (sulfide) groups is 1. The molecule has 0 heterocycles. The van der Waals surface area contributed by atoms with Gasteiger partial charge in [0.05, 0.1) is 5.56 Å². The standard InChI is InChI=1S/C19H21FN2O2S/c1-12(2)17(22-18(23)15-6-4-5-7-16(15)20)19(24)21-13-8-10-14(25-3)11-9-13/h4-12,17H,1-3H3,(H,21,24)(H,22,23). The van der Waals surface area contributed by atoms with Crippen LogP contribution >= 0.6 is 11.8 Å². The van der Waals surface area contributed by atoms with Crippen molar-refractivity contribution in [3.8, 4) is 0 Å². The Morgan fingerprint density at radius 1 is 1.04 bits per heavy atom. The quantitative estimate of drug-likeness (QED) is 0.767. The lowest BCUT2D eigenvalue weighted by Crippen LogP contribution is -2.47. The van der Waals surface area contributed by atoms with Crippen LogP contribution < -0.4 is 10.6 Å². The Hall–Kier alpha value is -2.34. The van der Waals surface area contributed by atoms with Gasteiger partial charge in [-0.1, -0.05) is 26.0 Å². The summed E-state index contributed by atoms with van der Waals surface area (Å²) in [4.78, 5) is 25.9. The predicted octanol–water partition coefficient (Wildman–Crippen LogP) is 3.94. The van der Waals surface area contributed by atoms with Gasteiger partial charge < -0.3 is 10.6 Å². The van der Waals surface area contributed by atoms with E-state index in [1.54, 1.807) is 30.0 Å². The molecule has 0 saturated heterocycles. The van der Waals surface area contributed by atoms with Crippen molar-refractivity contribution in [2.24, 2.45) is 5.92 Å². The lowest BCUT2D eigenvalue weighted by molar-refractivity contribution is -0.118. The second-order valence-electron chi connectivity index (χ2n) is 5.89. The molecule has 2 aromatic carbocycles. The Morgan fingerprint density at radius 3 is 2.24 bits per heavy atom. The molecule has 0 aliphatic carbocycles. The average molecular weight is 360 g/mol. The number of nitrogens with one attached hydrogen (secondary N) is 2. The van der Waals surface area contributed by atoms with Crippen LogP contribution in [0.3, 0.4) is 0 Å². The first-order valence-corrected chi connectivity index (χ1v) is 9.15. The Balaban J connectivity index is 2.10. The molecule has 1 atom stereocenters. The zero-order chi connectivity index (χ0) is 18.4. The Bertz CT molecular complexity index is 747. The number of halogens is 1. The second-order valence-corrected chi connectivity index (χ2v) is 6.77. The van der Waals surface area contributed by atoms with Crippen molar-refractivity contribution >= 4 is 29.3 Å². The molecule has 2 amide bonds. The number of hydrogen-bond donors (Lipinski definition) is 2.